The quantitative estimate of drug-likeness (QED) is 0.656. The maximum atomic E-state index is 10.6. The number of H-pyrrole nitrogens is 1. The van der Waals surface area contributed by atoms with Crippen LogP contribution in [0.15, 0.2) is 35.2 Å². The number of primary amides is 1. The zero-order chi connectivity index (χ0) is 13.1. The number of benzene rings is 1. The molecule has 1 amide bonds. The highest BCUT2D eigenvalue weighted by molar-refractivity contribution is 7.99. The molecular weight excluding hydrogens is 250 g/mol. The van der Waals surface area contributed by atoms with E-state index in [0.29, 0.717) is 0 Å². The summed E-state index contributed by atoms with van der Waals surface area (Å²) in [5.41, 5.74) is 7.57. The van der Waals surface area contributed by atoms with Gasteiger partial charge in [-0.05, 0) is 25.1 Å². The van der Waals surface area contributed by atoms with Gasteiger partial charge >= 0.3 is 12.1 Å². The van der Waals surface area contributed by atoms with Crippen molar-refractivity contribution in [3.63, 3.8) is 0 Å². The van der Waals surface area contributed by atoms with E-state index in [0.717, 1.165) is 27.3 Å². The second-order valence-electron chi connectivity index (χ2n) is 3.89. The molecule has 0 fully saturated rings. The molecular formula is C12H13N3O2S. The third-order valence-corrected chi connectivity index (χ3v) is 3.34. The van der Waals surface area contributed by atoms with E-state index in [-0.39, 0.29) is 6.01 Å². The highest BCUT2D eigenvalue weighted by Crippen LogP contribution is 2.25. The summed E-state index contributed by atoms with van der Waals surface area (Å²) in [5, 5.41) is 0. The Morgan fingerprint density at radius 2 is 2.39 bits per heavy atom. The lowest BCUT2D eigenvalue weighted by Crippen LogP contribution is -2.16. The van der Waals surface area contributed by atoms with Crippen molar-refractivity contribution in [1.82, 2.24) is 9.97 Å². The zero-order valence-electron chi connectivity index (χ0n) is 9.90. The lowest BCUT2D eigenvalue weighted by Gasteiger charge is -2.00. The van der Waals surface area contributed by atoms with Crippen molar-refractivity contribution in [2.45, 2.75) is 11.8 Å². The number of ether oxygens (including phenoxy) is 1. The van der Waals surface area contributed by atoms with Crippen molar-refractivity contribution in [2.24, 2.45) is 5.73 Å². The van der Waals surface area contributed by atoms with E-state index in [1.165, 1.54) is 0 Å². The zero-order valence-corrected chi connectivity index (χ0v) is 10.7. The van der Waals surface area contributed by atoms with Gasteiger partial charge in [0.1, 0.15) is 0 Å². The molecule has 94 valence electrons. The molecule has 1 heterocycles. The Kier molecular flexibility index (Phi) is 3.57. The summed E-state index contributed by atoms with van der Waals surface area (Å²) in [6.45, 7) is 5.84. The van der Waals surface area contributed by atoms with E-state index < -0.39 is 6.09 Å². The number of carbonyl (C=O) groups excluding carboxylic acids is 1. The van der Waals surface area contributed by atoms with Crippen LogP contribution in [0.2, 0.25) is 0 Å². The van der Waals surface area contributed by atoms with Crippen LogP contribution in [-0.4, -0.2) is 21.8 Å². The Morgan fingerprint density at radius 1 is 1.61 bits per heavy atom. The first-order valence-electron chi connectivity index (χ1n) is 5.29. The van der Waals surface area contributed by atoms with Gasteiger partial charge in [-0.1, -0.05) is 12.2 Å². The van der Waals surface area contributed by atoms with Crippen LogP contribution in [0.5, 0.6) is 6.01 Å². The van der Waals surface area contributed by atoms with E-state index in [2.05, 4.69) is 21.3 Å². The van der Waals surface area contributed by atoms with Crippen molar-refractivity contribution >= 4 is 28.9 Å². The highest BCUT2D eigenvalue weighted by atomic mass is 32.2. The van der Waals surface area contributed by atoms with Crippen LogP contribution in [-0.2, 0) is 0 Å². The van der Waals surface area contributed by atoms with Crippen LogP contribution in [0.1, 0.15) is 6.92 Å². The lowest BCUT2D eigenvalue weighted by molar-refractivity contribution is 0.207. The van der Waals surface area contributed by atoms with Crippen LogP contribution in [0.4, 0.5) is 4.79 Å². The third-order valence-electron chi connectivity index (χ3n) is 2.11. The van der Waals surface area contributed by atoms with Gasteiger partial charge in [0.05, 0.1) is 11.0 Å². The molecule has 2 aromatic rings. The van der Waals surface area contributed by atoms with Gasteiger partial charge in [0, 0.05) is 10.6 Å². The number of hydrogen-bond acceptors (Lipinski definition) is 4. The molecule has 0 aliphatic carbocycles. The van der Waals surface area contributed by atoms with E-state index in [9.17, 15) is 4.79 Å². The van der Waals surface area contributed by atoms with Crippen LogP contribution in [0.25, 0.3) is 11.0 Å². The number of fused-ring (bicyclic) bond motifs is 1. The standard InChI is InChI=1S/C12H13N3O2S/c1-7(2)6-18-8-3-4-9-10(5-8)15-12(14-9)17-11(13)16/h3-5H,1,6H2,2H3,(H2,13,16)(H,14,15). The van der Waals surface area contributed by atoms with Crippen molar-refractivity contribution < 1.29 is 9.53 Å². The van der Waals surface area contributed by atoms with Crippen LogP contribution < -0.4 is 10.5 Å². The summed E-state index contributed by atoms with van der Waals surface area (Å²) in [5.74, 6) is 0.865. The molecule has 18 heavy (non-hydrogen) atoms. The molecule has 2 rings (SSSR count). The molecule has 0 saturated carbocycles. The summed E-state index contributed by atoms with van der Waals surface area (Å²) in [4.78, 5) is 18.7. The topological polar surface area (TPSA) is 81.0 Å². The molecule has 0 radical (unpaired) electrons. The third kappa shape index (κ3) is 3.04. The van der Waals surface area contributed by atoms with Crippen LogP contribution >= 0.6 is 11.8 Å². The number of imidazole rings is 1. The Morgan fingerprint density at radius 3 is 3.06 bits per heavy atom. The van der Waals surface area contributed by atoms with Gasteiger partial charge in [-0.15, -0.1) is 11.8 Å². The highest BCUT2D eigenvalue weighted by Gasteiger charge is 2.07. The van der Waals surface area contributed by atoms with E-state index >= 15 is 0 Å². The van der Waals surface area contributed by atoms with Crippen molar-refractivity contribution in [2.75, 3.05) is 5.75 Å². The second kappa shape index (κ2) is 5.14. The van der Waals surface area contributed by atoms with Crippen LogP contribution in [0.3, 0.4) is 0 Å². The second-order valence-corrected chi connectivity index (χ2v) is 4.94. The lowest BCUT2D eigenvalue weighted by atomic mass is 10.3. The van der Waals surface area contributed by atoms with Gasteiger partial charge in [-0.2, -0.15) is 4.98 Å². The SMILES string of the molecule is C=C(C)CSc1ccc2nc(OC(N)=O)[nH]c2c1. The van der Waals surface area contributed by atoms with Crippen molar-refractivity contribution in [3.05, 3.63) is 30.4 Å². The van der Waals surface area contributed by atoms with Gasteiger partial charge in [-0.3, -0.25) is 0 Å². The number of rotatable bonds is 4. The summed E-state index contributed by atoms with van der Waals surface area (Å²) >= 11 is 1.69. The molecule has 0 unspecified atom stereocenters. The smallest absolute Gasteiger partial charge is 0.376 e. The van der Waals surface area contributed by atoms with Gasteiger partial charge < -0.3 is 15.5 Å². The molecule has 3 N–H and O–H groups in total. The van der Waals surface area contributed by atoms with E-state index in [4.69, 9.17) is 5.73 Å². The summed E-state index contributed by atoms with van der Waals surface area (Å²) in [7, 11) is 0. The number of thioether (sulfide) groups is 1. The van der Waals surface area contributed by atoms with Gasteiger partial charge in [0.15, 0.2) is 0 Å². The Hall–Kier alpha value is -1.95. The molecule has 0 atom stereocenters. The molecule has 0 aliphatic heterocycles. The first-order chi connectivity index (χ1) is 8.54. The number of nitrogens with two attached hydrogens (primary N) is 1. The van der Waals surface area contributed by atoms with Gasteiger partial charge in [0.25, 0.3) is 0 Å². The number of hydrogen-bond donors (Lipinski definition) is 2. The van der Waals surface area contributed by atoms with Crippen molar-refractivity contribution in [3.8, 4) is 6.01 Å². The van der Waals surface area contributed by atoms with Crippen LogP contribution in [0, 0.1) is 0 Å². The van der Waals surface area contributed by atoms with E-state index in [1.807, 2.05) is 25.1 Å². The molecule has 1 aromatic heterocycles. The van der Waals surface area contributed by atoms with E-state index in [1.54, 1.807) is 11.8 Å². The van der Waals surface area contributed by atoms with Crippen molar-refractivity contribution in [1.29, 1.82) is 0 Å². The molecule has 0 spiro atoms. The first-order valence-corrected chi connectivity index (χ1v) is 6.27. The maximum Gasteiger partial charge on any atom is 0.412 e. The molecule has 0 saturated heterocycles. The molecule has 1 aromatic carbocycles. The van der Waals surface area contributed by atoms with Gasteiger partial charge in [0.2, 0.25) is 0 Å². The number of aromatic nitrogens is 2. The minimum atomic E-state index is -0.883. The Labute approximate surface area is 108 Å². The first kappa shape index (κ1) is 12.5. The predicted molar refractivity (Wildman–Crippen MR) is 71.8 cm³/mol. The van der Waals surface area contributed by atoms with Gasteiger partial charge in [-0.25, -0.2) is 4.79 Å². The number of carbonyl (C=O) groups is 1. The summed E-state index contributed by atoms with van der Waals surface area (Å²) < 4.78 is 4.69. The normalized spacial score (nSPS) is 10.5. The summed E-state index contributed by atoms with van der Waals surface area (Å²) in [6.07, 6.45) is -0.883. The monoisotopic (exact) mass is 263 g/mol. The fourth-order valence-electron chi connectivity index (χ4n) is 1.41. The number of aromatic amines is 1. The maximum absolute atomic E-state index is 10.6. The number of amides is 1. The fraction of sp³-hybridized carbons (Fsp3) is 0.167. The fourth-order valence-corrected chi connectivity index (χ4v) is 2.18. The molecule has 6 heteroatoms. The summed E-state index contributed by atoms with van der Waals surface area (Å²) in [6, 6.07) is 5.88. The number of nitrogens with one attached hydrogen (secondary N) is 1. The Balaban J connectivity index is 2.22. The minimum Gasteiger partial charge on any atom is -0.376 e. The molecule has 0 bridgehead atoms. The average molecular weight is 263 g/mol. The molecule has 5 nitrogen and oxygen atoms in total. The minimum absolute atomic E-state index is 0.111. The largest absolute Gasteiger partial charge is 0.412 e. The molecule has 0 aliphatic rings. The predicted octanol–water partition coefficient (Wildman–Crippen LogP) is 2.69. The average Bonchev–Trinajstić information content (AvgIpc) is 2.66. The Bertz CT molecular complexity index is 606. The number of nitrogens with zero attached hydrogens (tertiary/aromatic N) is 1.